The molecule has 0 bridgehead atoms. The average molecular weight is 275 g/mol. The van der Waals surface area contributed by atoms with Gasteiger partial charge in [-0.15, -0.1) is 0 Å². The van der Waals surface area contributed by atoms with E-state index >= 15 is 0 Å². The zero-order chi connectivity index (χ0) is 14.0. The van der Waals surface area contributed by atoms with Crippen molar-refractivity contribution in [2.24, 2.45) is 5.41 Å². The molecule has 0 saturated carbocycles. The topological polar surface area (TPSA) is 63.7 Å². The summed E-state index contributed by atoms with van der Waals surface area (Å²) in [6.07, 6.45) is 1.56. The van der Waals surface area contributed by atoms with Crippen LogP contribution in [0.5, 0.6) is 0 Å². The van der Waals surface area contributed by atoms with Crippen molar-refractivity contribution in [3.05, 3.63) is 0 Å². The molecule has 6 heteroatoms. The molecule has 1 aliphatic heterocycles. The molecule has 5 nitrogen and oxygen atoms in total. The van der Waals surface area contributed by atoms with E-state index in [1.54, 1.807) is 13.3 Å². The van der Waals surface area contributed by atoms with Gasteiger partial charge in [0.15, 0.2) is 5.78 Å². The van der Waals surface area contributed by atoms with Gasteiger partial charge in [0.25, 0.3) is 5.91 Å². The Labute approximate surface area is 108 Å². The molecule has 1 amide bonds. The van der Waals surface area contributed by atoms with Gasteiger partial charge in [0.2, 0.25) is 0 Å². The average Bonchev–Trinajstić information content (AvgIpc) is 2.28. The van der Waals surface area contributed by atoms with E-state index in [1.807, 2.05) is 13.8 Å². The molecule has 0 aliphatic carbocycles. The Balaban J connectivity index is 2.68. The van der Waals surface area contributed by atoms with Crippen LogP contribution in [0.4, 0.5) is 0 Å². The minimum Gasteiger partial charge on any atom is -0.324 e. The van der Waals surface area contributed by atoms with Gasteiger partial charge in [0.05, 0.1) is 19.9 Å². The van der Waals surface area contributed by atoms with Crippen molar-refractivity contribution in [1.29, 1.82) is 0 Å². The van der Waals surface area contributed by atoms with Gasteiger partial charge < -0.3 is 4.57 Å². The van der Waals surface area contributed by atoms with Crippen LogP contribution in [0, 0.1) is 5.41 Å². The van der Waals surface area contributed by atoms with E-state index in [1.165, 1.54) is 0 Å². The summed E-state index contributed by atoms with van der Waals surface area (Å²) in [5.74, 6) is -0.384. The summed E-state index contributed by atoms with van der Waals surface area (Å²) in [7, 11) is -2.40. The number of amides is 1. The van der Waals surface area contributed by atoms with Gasteiger partial charge in [-0.2, -0.15) is 0 Å². The molecule has 0 aromatic rings. The smallest absolute Gasteiger partial charge is 0.252 e. The lowest BCUT2D eigenvalue weighted by atomic mass is 9.87. The number of rotatable bonds is 4. The number of ketones is 1. The molecule has 1 heterocycles. The van der Waals surface area contributed by atoms with Crippen molar-refractivity contribution in [3.8, 4) is 0 Å². The quantitative estimate of drug-likeness (QED) is 0.733. The second-order valence-electron chi connectivity index (χ2n) is 5.93. The van der Waals surface area contributed by atoms with E-state index in [2.05, 4.69) is 0 Å². The highest BCUT2D eigenvalue weighted by Gasteiger charge is 2.35. The first-order valence-corrected chi connectivity index (χ1v) is 8.91. The fourth-order valence-electron chi connectivity index (χ4n) is 1.94. The van der Waals surface area contributed by atoms with Crippen molar-refractivity contribution < 1.29 is 19.0 Å². The summed E-state index contributed by atoms with van der Waals surface area (Å²) >= 11 is 0. The second kappa shape index (κ2) is 5.54. The third-order valence-electron chi connectivity index (χ3n) is 2.88. The molecule has 0 aromatic heterocycles. The first-order chi connectivity index (χ1) is 8.12. The Hall–Kier alpha value is -0.670. The standard InChI is InChI=1S/C12H22NO4P/c1-12(2)6-5-7-17-13(11(12)15)8-10(14)9-18(3,4)16/h5-9H2,1-4H3. The van der Waals surface area contributed by atoms with Crippen LogP contribution in [0.25, 0.3) is 0 Å². The molecule has 0 N–H and O–H groups in total. The van der Waals surface area contributed by atoms with Crippen LogP contribution >= 0.6 is 7.14 Å². The van der Waals surface area contributed by atoms with Gasteiger partial charge >= 0.3 is 0 Å². The molecule has 18 heavy (non-hydrogen) atoms. The van der Waals surface area contributed by atoms with Crippen LogP contribution in [0.15, 0.2) is 0 Å². The maximum Gasteiger partial charge on any atom is 0.252 e. The molecule has 0 aromatic carbocycles. The van der Waals surface area contributed by atoms with Crippen molar-refractivity contribution in [2.45, 2.75) is 26.7 Å². The third-order valence-corrected chi connectivity index (χ3v) is 3.99. The van der Waals surface area contributed by atoms with Crippen LogP contribution < -0.4 is 0 Å². The van der Waals surface area contributed by atoms with Gasteiger partial charge in [0, 0.05) is 5.41 Å². The molecule has 0 unspecified atom stereocenters. The monoisotopic (exact) mass is 275 g/mol. The molecular formula is C12H22NO4P. The summed E-state index contributed by atoms with van der Waals surface area (Å²) in [5.41, 5.74) is -0.501. The summed E-state index contributed by atoms with van der Waals surface area (Å²) < 4.78 is 11.6. The molecule has 0 spiro atoms. The summed E-state index contributed by atoms with van der Waals surface area (Å²) in [6.45, 7) is 7.18. The SMILES string of the molecule is CC1(C)CCCON(CC(=O)CP(C)(C)=O)C1=O. The zero-order valence-electron chi connectivity index (χ0n) is 11.6. The lowest BCUT2D eigenvalue weighted by Gasteiger charge is -2.26. The number of carbonyl (C=O) groups is 2. The fourth-order valence-corrected chi connectivity index (χ4v) is 2.89. The van der Waals surface area contributed by atoms with Crippen LogP contribution in [0.2, 0.25) is 0 Å². The van der Waals surface area contributed by atoms with E-state index in [0.717, 1.165) is 17.9 Å². The second-order valence-corrected chi connectivity index (χ2v) is 9.40. The zero-order valence-corrected chi connectivity index (χ0v) is 12.5. The van der Waals surface area contributed by atoms with E-state index in [9.17, 15) is 14.2 Å². The normalized spacial score (nSPS) is 20.7. The van der Waals surface area contributed by atoms with Crippen LogP contribution in [0.1, 0.15) is 26.7 Å². The molecular weight excluding hydrogens is 253 g/mol. The van der Waals surface area contributed by atoms with Crippen LogP contribution in [-0.4, -0.2) is 49.4 Å². The Morgan fingerprint density at radius 1 is 1.44 bits per heavy atom. The van der Waals surface area contributed by atoms with E-state index < -0.39 is 12.6 Å². The highest BCUT2D eigenvalue weighted by Crippen LogP contribution is 2.35. The Kier molecular flexibility index (Phi) is 4.73. The third kappa shape index (κ3) is 4.54. The number of hydrogen-bond acceptors (Lipinski definition) is 4. The van der Waals surface area contributed by atoms with Crippen LogP contribution in [0.3, 0.4) is 0 Å². The first kappa shape index (κ1) is 15.4. The van der Waals surface area contributed by atoms with Gasteiger partial charge in [-0.1, -0.05) is 13.8 Å². The maximum atomic E-state index is 12.1. The van der Waals surface area contributed by atoms with Crippen molar-refractivity contribution in [3.63, 3.8) is 0 Å². The summed E-state index contributed by atoms with van der Waals surface area (Å²) in [6, 6.07) is 0. The minimum absolute atomic E-state index is 0.0145. The maximum absolute atomic E-state index is 12.1. The highest BCUT2D eigenvalue weighted by molar-refractivity contribution is 7.63. The van der Waals surface area contributed by atoms with Gasteiger partial charge in [-0.3, -0.25) is 14.4 Å². The fraction of sp³-hybridized carbons (Fsp3) is 0.833. The van der Waals surface area contributed by atoms with Crippen molar-refractivity contribution >= 4 is 18.8 Å². The lowest BCUT2D eigenvalue weighted by molar-refractivity contribution is -0.190. The number of nitrogens with zero attached hydrogens (tertiary/aromatic N) is 1. The Morgan fingerprint density at radius 3 is 2.61 bits per heavy atom. The molecule has 1 rings (SSSR count). The summed E-state index contributed by atoms with van der Waals surface area (Å²) in [5, 5.41) is 1.14. The number of hydroxylamine groups is 2. The minimum atomic E-state index is -2.40. The Morgan fingerprint density at radius 2 is 2.06 bits per heavy atom. The van der Waals surface area contributed by atoms with Crippen molar-refractivity contribution in [2.75, 3.05) is 32.6 Å². The highest BCUT2D eigenvalue weighted by atomic mass is 31.2. The summed E-state index contributed by atoms with van der Waals surface area (Å²) in [4.78, 5) is 29.2. The van der Waals surface area contributed by atoms with Crippen molar-refractivity contribution in [1.82, 2.24) is 5.06 Å². The predicted molar refractivity (Wildman–Crippen MR) is 70.0 cm³/mol. The predicted octanol–water partition coefficient (Wildman–Crippen LogP) is 1.76. The molecule has 0 radical (unpaired) electrons. The van der Waals surface area contributed by atoms with E-state index in [-0.39, 0.29) is 24.4 Å². The van der Waals surface area contributed by atoms with Crippen LogP contribution in [-0.2, 0) is 19.0 Å². The lowest BCUT2D eigenvalue weighted by Crippen LogP contribution is -2.42. The molecule has 1 aliphatic rings. The number of hydrogen-bond donors (Lipinski definition) is 0. The van der Waals surface area contributed by atoms with Gasteiger partial charge in [-0.05, 0) is 26.2 Å². The molecule has 1 saturated heterocycles. The van der Waals surface area contributed by atoms with E-state index in [4.69, 9.17) is 4.84 Å². The molecule has 1 fully saturated rings. The van der Waals surface area contributed by atoms with Gasteiger partial charge in [-0.25, -0.2) is 5.06 Å². The molecule has 104 valence electrons. The van der Waals surface area contributed by atoms with Gasteiger partial charge in [0.1, 0.15) is 6.54 Å². The Bertz CT molecular complexity index is 386. The largest absolute Gasteiger partial charge is 0.324 e. The van der Waals surface area contributed by atoms with E-state index in [0.29, 0.717) is 6.61 Å². The first-order valence-electron chi connectivity index (χ1n) is 6.12. The molecule has 0 atom stereocenters. The number of carbonyl (C=O) groups excluding carboxylic acids is 2. The number of Topliss-reactive ketones (excluding diaryl/α,β-unsaturated/α-hetero) is 1.